The standard InChI is InChI=1S/C23H23ClFNO2/c1-23(2,3)17-11-9-16(10-12-17)22(27)26(14-18-6-5-13-28-18)15-19-20(24)7-4-8-21(19)25/h4-13H,14-15H2,1-3H3. The summed E-state index contributed by atoms with van der Waals surface area (Å²) in [7, 11) is 0. The minimum absolute atomic E-state index is 0.00384. The Bertz CT molecular complexity index is 923. The number of benzene rings is 2. The molecule has 0 atom stereocenters. The third kappa shape index (κ3) is 4.63. The van der Waals surface area contributed by atoms with E-state index in [0.717, 1.165) is 5.56 Å². The van der Waals surface area contributed by atoms with Crippen molar-refractivity contribution < 1.29 is 13.6 Å². The summed E-state index contributed by atoms with van der Waals surface area (Å²) in [4.78, 5) is 14.7. The lowest BCUT2D eigenvalue weighted by atomic mass is 9.86. The lowest BCUT2D eigenvalue weighted by molar-refractivity contribution is 0.0716. The van der Waals surface area contributed by atoms with Crippen LogP contribution in [0.5, 0.6) is 0 Å². The first-order chi connectivity index (χ1) is 13.3. The zero-order chi connectivity index (χ0) is 20.3. The molecule has 3 nitrogen and oxygen atoms in total. The summed E-state index contributed by atoms with van der Waals surface area (Å²) >= 11 is 6.18. The summed E-state index contributed by atoms with van der Waals surface area (Å²) < 4.78 is 19.7. The smallest absolute Gasteiger partial charge is 0.254 e. The van der Waals surface area contributed by atoms with E-state index in [1.54, 1.807) is 42.7 Å². The highest BCUT2D eigenvalue weighted by atomic mass is 35.5. The van der Waals surface area contributed by atoms with Crippen molar-refractivity contribution in [2.75, 3.05) is 0 Å². The molecule has 0 unspecified atom stereocenters. The first kappa shape index (κ1) is 20.2. The van der Waals surface area contributed by atoms with Crippen molar-refractivity contribution in [1.82, 2.24) is 4.90 Å². The van der Waals surface area contributed by atoms with Gasteiger partial charge in [0, 0.05) is 16.1 Å². The highest BCUT2D eigenvalue weighted by Gasteiger charge is 2.21. The summed E-state index contributed by atoms with van der Waals surface area (Å²) in [6, 6.07) is 15.6. The molecule has 0 aliphatic carbocycles. The normalized spacial score (nSPS) is 11.5. The number of hydrogen-bond acceptors (Lipinski definition) is 2. The number of hydrogen-bond donors (Lipinski definition) is 0. The summed E-state index contributed by atoms with van der Waals surface area (Å²) in [6.45, 7) is 6.62. The van der Waals surface area contributed by atoms with Gasteiger partial charge in [0.15, 0.2) is 0 Å². The average Bonchev–Trinajstić information content (AvgIpc) is 3.16. The van der Waals surface area contributed by atoms with Crippen molar-refractivity contribution in [3.8, 4) is 0 Å². The van der Waals surface area contributed by atoms with E-state index >= 15 is 0 Å². The molecule has 0 radical (unpaired) electrons. The van der Waals surface area contributed by atoms with Crippen molar-refractivity contribution >= 4 is 17.5 Å². The number of carbonyl (C=O) groups excluding carboxylic acids is 1. The summed E-state index contributed by atoms with van der Waals surface area (Å²) in [5.41, 5.74) is 1.96. The number of carbonyl (C=O) groups is 1. The van der Waals surface area contributed by atoms with Crippen LogP contribution in [0.1, 0.15) is 48.0 Å². The van der Waals surface area contributed by atoms with Gasteiger partial charge in [-0.2, -0.15) is 0 Å². The van der Waals surface area contributed by atoms with Crippen LogP contribution >= 0.6 is 11.6 Å². The van der Waals surface area contributed by atoms with Crippen LogP contribution in [-0.2, 0) is 18.5 Å². The van der Waals surface area contributed by atoms with Crippen molar-refractivity contribution in [1.29, 1.82) is 0 Å². The van der Waals surface area contributed by atoms with Gasteiger partial charge in [-0.25, -0.2) is 4.39 Å². The van der Waals surface area contributed by atoms with E-state index in [9.17, 15) is 9.18 Å². The first-order valence-electron chi connectivity index (χ1n) is 9.11. The molecule has 1 amide bonds. The van der Waals surface area contributed by atoms with Crippen molar-refractivity contribution in [3.63, 3.8) is 0 Å². The monoisotopic (exact) mass is 399 g/mol. The minimum Gasteiger partial charge on any atom is -0.467 e. The third-order valence-electron chi connectivity index (χ3n) is 4.62. The molecule has 0 spiro atoms. The van der Waals surface area contributed by atoms with Crippen molar-refractivity contribution in [2.24, 2.45) is 0 Å². The average molecular weight is 400 g/mol. The molecule has 0 aliphatic heterocycles. The molecule has 1 aromatic heterocycles. The van der Waals surface area contributed by atoms with Gasteiger partial charge in [0.1, 0.15) is 11.6 Å². The maximum absolute atomic E-state index is 14.3. The molecular formula is C23H23ClFNO2. The highest BCUT2D eigenvalue weighted by Crippen LogP contribution is 2.25. The quantitative estimate of drug-likeness (QED) is 0.510. The van der Waals surface area contributed by atoms with Gasteiger partial charge in [-0.1, -0.05) is 50.6 Å². The molecule has 0 saturated heterocycles. The Morgan fingerprint density at radius 3 is 2.32 bits per heavy atom. The molecule has 28 heavy (non-hydrogen) atoms. The largest absolute Gasteiger partial charge is 0.467 e. The predicted octanol–water partition coefficient (Wildman–Crippen LogP) is 6.21. The summed E-state index contributed by atoms with van der Waals surface area (Å²) in [5.74, 6) is -0.0314. The van der Waals surface area contributed by atoms with E-state index in [1.807, 2.05) is 12.1 Å². The molecule has 1 heterocycles. The molecule has 5 heteroatoms. The Labute approximate surface area is 169 Å². The fraction of sp³-hybridized carbons (Fsp3) is 0.261. The second-order valence-electron chi connectivity index (χ2n) is 7.77. The molecule has 0 bridgehead atoms. The molecule has 146 valence electrons. The van der Waals surface area contributed by atoms with Gasteiger partial charge in [0.25, 0.3) is 5.91 Å². The second kappa shape index (κ2) is 8.19. The zero-order valence-electron chi connectivity index (χ0n) is 16.2. The van der Waals surface area contributed by atoms with Gasteiger partial charge < -0.3 is 9.32 Å². The summed E-state index contributed by atoms with van der Waals surface area (Å²) in [5, 5.41) is 0.292. The van der Waals surface area contributed by atoms with E-state index in [0.29, 0.717) is 16.3 Å². The zero-order valence-corrected chi connectivity index (χ0v) is 17.0. The van der Waals surface area contributed by atoms with Crippen molar-refractivity contribution in [3.05, 3.63) is 94.2 Å². The fourth-order valence-electron chi connectivity index (χ4n) is 2.96. The number of amides is 1. The number of nitrogens with zero attached hydrogens (tertiary/aromatic N) is 1. The molecule has 0 N–H and O–H groups in total. The van der Waals surface area contributed by atoms with Crippen molar-refractivity contribution in [2.45, 2.75) is 39.3 Å². The predicted molar refractivity (Wildman–Crippen MR) is 109 cm³/mol. The second-order valence-corrected chi connectivity index (χ2v) is 8.18. The molecule has 3 rings (SSSR count). The Hall–Kier alpha value is -2.59. The molecular weight excluding hydrogens is 377 g/mol. The highest BCUT2D eigenvalue weighted by molar-refractivity contribution is 6.31. The number of furan rings is 1. The number of halogens is 2. The van der Waals surface area contributed by atoms with Crippen LogP contribution in [0.2, 0.25) is 5.02 Å². The van der Waals surface area contributed by atoms with Gasteiger partial charge in [-0.05, 0) is 47.4 Å². The van der Waals surface area contributed by atoms with Crippen LogP contribution in [-0.4, -0.2) is 10.8 Å². The third-order valence-corrected chi connectivity index (χ3v) is 4.98. The van der Waals surface area contributed by atoms with Crippen LogP contribution in [0.25, 0.3) is 0 Å². The van der Waals surface area contributed by atoms with Crippen LogP contribution in [0.3, 0.4) is 0 Å². The lowest BCUT2D eigenvalue weighted by Gasteiger charge is -2.24. The molecule has 0 aliphatic rings. The van der Waals surface area contributed by atoms with E-state index in [2.05, 4.69) is 20.8 Å². The molecule has 0 saturated carbocycles. The van der Waals surface area contributed by atoms with E-state index in [1.165, 1.54) is 11.0 Å². The van der Waals surface area contributed by atoms with Crippen LogP contribution in [0.15, 0.2) is 65.3 Å². The Morgan fingerprint density at radius 2 is 1.75 bits per heavy atom. The van der Waals surface area contributed by atoms with Gasteiger partial charge in [-0.3, -0.25) is 4.79 Å². The van der Waals surface area contributed by atoms with E-state index < -0.39 is 5.82 Å². The molecule has 3 aromatic rings. The molecule has 0 fully saturated rings. The minimum atomic E-state index is -0.437. The van der Waals surface area contributed by atoms with Crippen LogP contribution in [0, 0.1) is 5.82 Å². The van der Waals surface area contributed by atoms with Crippen LogP contribution < -0.4 is 0 Å². The van der Waals surface area contributed by atoms with Gasteiger partial charge >= 0.3 is 0 Å². The summed E-state index contributed by atoms with van der Waals surface area (Å²) in [6.07, 6.45) is 1.55. The maximum atomic E-state index is 14.3. The lowest BCUT2D eigenvalue weighted by Crippen LogP contribution is -2.30. The van der Waals surface area contributed by atoms with E-state index in [4.69, 9.17) is 16.0 Å². The Balaban J connectivity index is 1.91. The number of rotatable bonds is 5. The first-order valence-corrected chi connectivity index (χ1v) is 9.48. The Morgan fingerprint density at radius 1 is 1.04 bits per heavy atom. The maximum Gasteiger partial charge on any atom is 0.254 e. The fourth-order valence-corrected chi connectivity index (χ4v) is 3.18. The Kier molecular flexibility index (Phi) is 5.90. The van der Waals surface area contributed by atoms with E-state index in [-0.39, 0.29) is 30.0 Å². The van der Waals surface area contributed by atoms with Gasteiger partial charge in [-0.15, -0.1) is 0 Å². The topological polar surface area (TPSA) is 33.5 Å². The van der Waals surface area contributed by atoms with Gasteiger partial charge in [0.2, 0.25) is 0 Å². The van der Waals surface area contributed by atoms with Crippen LogP contribution in [0.4, 0.5) is 4.39 Å². The van der Waals surface area contributed by atoms with Gasteiger partial charge in [0.05, 0.1) is 19.4 Å². The SMILES string of the molecule is CC(C)(C)c1ccc(C(=O)N(Cc2ccco2)Cc2c(F)cccc2Cl)cc1. The molecule has 2 aromatic carbocycles.